The van der Waals surface area contributed by atoms with Crippen molar-refractivity contribution < 1.29 is 0 Å². The lowest BCUT2D eigenvalue weighted by molar-refractivity contribution is 0.585. The minimum Gasteiger partial charge on any atom is -0.310 e. The number of hydrogen-bond acceptors (Lipinski definition) is 2. The molecule has 0 aliphatic carbocycles. The second-order valence-electron chi connectivity index (χ2n) is 3.46. The highest BCUT2D eigenvalue weighted by Crippen LogP contribution is 2.26. The van der Waals surface area contributed by atoms with Gasteiger partial charge in [-0.25, -0.2) is 0 Å². The molecule has 0 aromatic heterocycles. The summed E-state index contributed by atoms with van der Waals surface area (Å²) in [5.74, 6) is 0. The van der Waals surface area contributed by atoms with Crippen molar-refractivity contribution in [1.82, 2.24) is 5.32 Å². The van der Waals surface area contributed by atoms with E-state index < -0.39 is 0 Å². The van der Waals surface area contributed by atoms with E-state index in [0.29, 0.717) is 6.04 Å². The van der Waals surface area contributed by atoms with Gasteiger partial charge in [0.05, 0.1) is 0 Å². The van der Waals surface area contributed by atoms with Crippen LogP contribution in [0.2, 0.25) is 5.02 Å². The number of halogens is 1. The fraction of sp³-hybridized carbons (Fsp3) is 0.455. The summed E-state index contributed by atoms with van der Waals surface area (Å²) in [6.07, 6.45) is 2.07. The average Bonchev–Trinajstić information content (AvgIpc) is 2.15. The molecule has 0 heterocycles. The molecule has 0 spiro atoms. The Morgan fingerprint density at radius 2 is 2.14 bits per heavy atom. The van der Waals surface area contributed by atoms with Crippen molar-refractivity contribution in [2.75, 3.05) is 6.26 Å². The third kappa shape index (κ3) is 3.19. The van der Waals surface area contributed by atoms with E-state index in [4.69, 9.17) is 11.6 Å². The van der Waals surface area contributed by atoms with Gasteiger partial charge in [-0.1, -0.05) is 31.5 Å². The van der Waals surface area contributed by atoms with Crippen molar-refractivity contribution in [3.8, 4) is 0 Å². The van der Waals surface area contributed by atoms with Gasteiger partial charge in [-0.3, -0.25) is 0 Å². The normalized spacial score (nSPS) is 10.9. The molecule has 78 valence electrons. The second-order valence-corrected chi connectivity index (χ2v) is 4.71. The Labute approximate surface area is 95.2 Å². The lowest BCUT2D eigenvalue weighted by Gasteiger charge is -2.12. The molecule has 0 saturated carbocycles. The molecule has 0 atom stereocenters. The van der Waals surface area contributed by atoms with Gasteiger partial charge >= 0.3 is 0 Å². The van der Waals surface area contributed by atoms with Crippen LogP contribution in [0.3, 0.4) is 0 Å². The molecule has 1 aromatic rings. The Kier molecular flexibility index (Phi) is 4.79. The molecule has 0 bridgehead atoms. The molecule has 0 aliphatic heterocycles. The van der Waals surface area contributed by atoms with E-state index in [-0.39, 0.29) is 0 Å². The van der Waals surface area contributed by atoms with Crippen molar-refractivity contribution >= 4 is 23.4 Å². The zero-order valence-electron chi connectivity index (χ0n) is 8.80. The van der Waals surface area contributed by atoms with Crippen LogP contribution in [-0.4, -0.2) is 12.3 Å². The summed E-state index contributed by atoms with van der Waals surface area (Å²) in [6.45, 7) is 5.11. The Hall–Kier alpha value is -0.180. The first-order valence-electron chi connectivity index (χ1n) is 4.70. The van der Waals surface area contributed by atoms with E-state index >= 15 is 0 Å². The highest BCUT2D eigenvalue weighted by atomic mass is 35.5. The minimum atomic E-state index is 0.487. The van der Waals surface area contributed by atoms with E-state index in [1.807, 2.05) is 12.1 Å². The lowest BCUT2D eigenvalue weighted by atomic mass is 10.2. The van der Waals surface area contributed by atoms with Crippen LogP contribution in [0, 0.1) is 0 Å². The van der Waals surface area contributed by atoms with Crippen molar-refractivity contribution in [1.29, 1.82) is 0 Å². The summed E-state index contributed by atoms with van der Waals surface area (Å²) in [7, 11) is 0. The summed E-state index contributed by atoms with van der Waals surface area (Å²) in [5.41, 5.74) is 1.20. The molecule has 0 saturated heterocycles. The predicted octanol–water partition coefficient (Wildman–Crippen LogP) is 3.56. The number of rotatable bonds is 4. The molecule has 3 heteroatoms. The summed E-state index contributed by atoms with van der Waals surface area (Å²) in [5, 5.41) is 4.23. The molecular formula is C11H16ClNS. The van der Waals surface area contributed by atoms with Gasteiger partial charge < -0.3 is 5.32 Å². The van der Waals surface area contributed by atoms with Gasteiger partial charge in [0.2, 0.25) is 0 Å². The van der Waals surface area contributed by atoms with E-state index in [2.05, 4.69) is 31.5 Å². The maximum atomic E-state index is 6.14. The number of thioether (sulfide) groups is 1. The third-order valence-electron chi connectivity index (χ3n) is 1.98. The summed E-state index contributed by atoms with van der Waals surface area (Å²) in [6, 6.07) is 6.53. The van der Waals surface area contributed by atoms with E-state index in [1.54, 1.807) is 11.8 Å². The van der Waals surface area contributed by atoms with Gasteiger partial charge in [0.15, 0.2) is 0 Å². The van der Waals surface area contributed by atoms with Crippen LogP contribution in [0.1, 0.15) is 19.4 Å². The number of hydrogen-bond donors (Lipinski definition) is 1. The smallest absolute Gasteiger partial charge is 0.0462 e. The molecule has 0 fully saturated rings. The lowest BCUT2D eigenvalue weighted by Crippen LogP contribution is -2.22. The zero-order valence-corrected chi connectivity index (χ0v) is 10.4. The Morgan fingerprint density at radius 1 is 1.43 bits per heavy atom. The fourth-order valence-electron chi connectivity index (χ4n) is 1.21. The minimum absolute atomic E-state index is 0.487. The fourth-order valence-corrected chi connectivity index (χ4v) is 2.15. The standard InChI is InChI=1S/C11H16ClNS/c1-8(2)13-7-9-10(12)5-4-6-11(9)14-3/h4-6,8,13H,7H2,1-3H3. The van der Waals surface area contributed by atoms with Crippen molar-refractivity contribution in [2.45, 2.75) is 31.3 Å². The molecule has 1 rings (SSSR count). The van der Waals surface area contributed by atoms with Gasteiger partial charge in [0.25, 0.3) is 0 Å². The Morgan fingerprint density at radius 3 is 2.71 bits per heavy atom. The van der Waals surface area contributed by atoms with Crippen LogP contribution in [0.15, 0.2) is 23.1 Å². The van der Waals surface area contributed by atoms with Gasteiger partial charge in [-0.2, -0.15) is 0 Å². The molecule has 0 radical (unpaired) electrons. The quantitative estimate of drug-likeness (QED) is 0.793. The summed E-state index contributed by atoms with van der Waals surface area (Å²) >= 11 is 7.88. The SMILES string of the molecule is CSc1cccc(Cl)c1CNC(C)C. The van der Waals surface area contributed by atoms with Crippen molar-refractivity contribution in [3.05, 3.63) is 28.8 Å². The molecule has 0 aliphatic rings. The summed E-state index contributed by atoms with van der Waals surface area (Å²) in [4.78, 5) is 1.26. The predicted molar refractivity (Wildman–Crippen MR) is 65.2 cm³/mol. The van der Waals surface area contributed by atoms with Gasteiger partial charge in [0, 0.05) is 22.5 Å². The van der Waals surface area contributed by atoms with Gasteiger partial charge in [0.1, 0.15) is 0 Å². The van der Waals surface area contributed by atoms with Crippen molar-refractivity contribution in [2.24, 2.45) is 0 Å². The topological polar surface area (TPSA) is 12.0 Å². The van der Waals surface area contributed by atoms with Crippen LogP contribution in [0.25, 0.3) is 0 Å². The maximum absolute atomic E-state index is 6.14. The monoisotopic (exact) mass is 229 g/mol. The number of nitrogens with one attached hydrogen (secondary N) is 1. The molecule has 1 nitrogen and oxygen atoms in total. The molecule has 1 N–H and O–H groups in total. The van der Waals surface area contributed by atoms with Crippen LogP contribution < -0.4 is 5.32 Å². The van der Waals surface area contributed by atoms with Gasteiger partial charge in [-0.15, -0.1) is 11.8 Å². The molecule has 0 amide bonds. The maximum Gasteiger partial charge on any atom is 0.0462 e. The third-order valence-corrected chi connectivity index (χ3v) is 3.16. The highest BCUT2D eigenvalue weighted by molar-refractivity contribution is 7.98. The first kappa shape index (κ1) is 11.9. The van der Waals surface area contributed by atoms with E-state index in [1.165, 1.54) is 10.5 Å². The van der Waals surface area contributed by atoms with Crippen molar-refractivity contribution in [3.63, 3.8) is 0 Å². The molecule has 1 aromatic carbocycles. The average molecular weight is 230 g/mol. The zero-order chi connectivity index (χ0) is 10.6. The second kappa shape index (κ2) is 5.64. The van der Waals surface area contributed by atoms with E-state index in [9.17, 15) is 0 Å². The first-order valence-corrected chi connectivity index (χ1v) is 6.30. The highest BCUT2D eigenvalue weighted by Gasteiger charge is 2.06. The Balaban J connectivity index is 2.82. The first-order chi connectivity index (χ1) is 6.65. The largest absolute Gasteiger partial charge is 0.310 e. The van der Waals surface area contributed by atoms with Gasteiger partial charge in [-0.05, 0) is 24.0 Å². The van der Waals surface area contributed by atoms with E-state index in [0.717, 1.165) is 11.6 Å². The number of benzene rings is 1. The van der Waals surface area contributed by atoms with Crippen LogP contribution >= 0.6 is 23.4 Å². The molecule has 14 heavy (non-hydrogen) atoms. The van der Waals surface area contributed by atoms with Crippen LogP contribution in [0.5, 0.6) is 0 Å². The molecular weight excluding hydrogens is 214 g/mol. The van der Waals surface area contributed by atoms with Crippen LogP contribution in [0.4, 0.5) is 0 Å². The Bertz CT molecular complexity index is 299. The summed E-state index contributed by atoms with van der Waals surface area (Å²) < 4.78 is 0. The van der Waals surface area contributed by atoms with Crippen LogP contribution in [-0.2, 0) is 6.54 Å². The molecule has 0 unspecified atom stereocenters.